The van der Waals surface area contributed by atoms with Gasteiger partial charge in [0.05, 0.1) is 25.3 Å². The van der Waals surface area contributed by atoms with Gasteiger partial charge in [0.1, 0.15) is 28.7 Å². The van der Waals surface area contributed by atoms with E-state index in [1.807, 2.05) is 19.1 Å². The average Bonchev–Trinajstić information content (AvgIpc) is 3.28. The van der Waals surface area contributed by atoms with Gasteiger partial charge in [-0.1, -0.05) is 19.8 Å². The van der Waals surface area contributed by atoms with Crippen LogP contribution in [0.1, 0.15) is 75.9 Å². The molecule has 1 aromatic heterocycles. The minimum atomic E-state index is -1.62. The summed E-state index contributed by atoms with van der Waals surface area (Å²) in [6.07, 6.45) is 6.25. The molecule has 1 aliphatic rings. The fourth-order valence-corrected chi connectivity index (χ4v) is 5.72. The van der Waals surface area contributed by atoms with Gasteiger partial charge >= 0.3 is 0 Å². The predicted molar refractivity (Wildman–Crippen MR) is 142 cm³/mol. The Morgan fingerprint density at radius 3 is 2.65 bits per heavy atom. The first kappa shape index (κ1) is 26.9. The third-order valence-electron chi connectivity index (χ3n) is 7.72. The third kappa shape index (κ3) is 5.30. The Balaban J connectivity index is 1.95. The monoisotopic (exact) mass is 511 g/mol. The van der Waals surface area contributed by atoms with Gasteiger partial charge in [-0.15, -0.1) is 0 Å². The highest BCUT2D eigenvalue weighted by Gasteiger charge is 2.38. The number of carbonyl (C=O) groups is 1. The number of halogens is 1. The van der Waals surface area contributed by atoms with Crippen molar-refractivity contribution in [2.45, 2.75) is 77.0 Å². The predicted octanol–water partition coefficient (Wildman–Crippen LogP) is 5.27. The minimum Gasteiger partial charge on any atom is -0.496 e. The van der Waals surface area contributed by atoms with Gasteiger partial charge in [-0.2, -0.15) is 0 Å². The SMILES string of the molecule is COc1ccc(F)cc1C(C)(O)c1nc2c(CCC(C)NC=O)c(OC)ccc2n1C1CCCC(C)C1. The van der Waals surface area contributed by atoms with Crippen molar-refractivity contribution in [2.24, 2.45) is 5.92 Å². The molecule has 2 N–H and O–H groups in total. The molecular formula is C29H38FN3O4. The highest BCUT2D eigenvalue weighted by molar-refractivity contribution is 5.83. The van der Waals surface area contributed by atoms with Crippen LogP contribution in [-0.4, -0.2) is 41.3 Å². The lowest BCUT2D eigenvalue weighted by Gasteiger charge is -2.33. The molecule has 1 heterocycles. The van der Waals surface area contributed by atoms with E-state index in [1.54, 1.807) is 14.0 Å². The van der Waals surface area contributed by atoms with Crippen LogP contribution in [0.15, 0.2) is 30.3 Å². The van der Waals surface area contributed by atoms with Gasteiger partial charge in [0.15, 0.2) is 0 Å². The number of aryl methyl sites for hydroxylation is 1. The van der Waals surface area contributed by atoms with Gasteiger partial charge in [0.2, 0.25) is 6.41 Å². The number of benzene rings is 2. The molecule has 1 aliphatic carbocycles. The van der Waals surface area contributed by atoms with Gasteiger partial charge in [0.25, 0.3) is 0 Å². The van der Waals surface area contributed by atoms with Crippen LogP contribution in [0, 0.1) is 11.7 Å². The number of nitrogens with zero attached hydrogens (tertiary/aromatic N) is 2. The van der Waals surface area contributed by atoms with Gasteiger partial charge in [-0.3, -0.25) is 4.79 Å². The number of hydrogen-bond donors (Lipinski definition) is 2. The van der Waals surface area contributed by atoms with E-state index in [0.29, 0.717) is 48.1 Å². The van der Waals surface area contributed by atoms with Gasteiger partial charge in [-0.05, 0) is 75.8 Å². The van der Waals surface area contributed by atoms with Crippen molar-refractivity contribution in [3.05, 3.63) is 53.1 Å². The smallest absolute Gasteiger partial charge is 0.207 e. The minimum absolute atomic E-state index is 0.0159. The molecule has 0 bridgehead atoms. The molecule has 1 fully saturated rings. The first-order valence-electron chi connectivity index (χ1n) is 13.1. The van der Waals surface area contributed by atoms with Crippen molar-refractivity contribution < 1.29 is 23.8 Å². The zero-order chi connectivity index (χ0) is 26.7. The van der Waals surface area contributed by atoms with Crippen molar-refractivity contribution in [3.63, 3.8) is 0 Å². The number of methoxy groups -OCH3 is 2. The summed E-state index contributed by atoms with van der Waals surface area (Å²) in [5.41, 5.74) is 1.29. The molecule has 200 valence electrons. The summed E-state index contributed by atoms with van der Waals surface area (Å²) in [6, 6.07) is 8.25. The Labute approximate surface area is 218 Å². The van der Waals surface area contributed by atoms with Crippen molar-refractivity contribution >= 4 is 17.4 Å². The van der Waals surface area contributed by atoms with Crippen LogP contribution in [0.4, 0.5) is 4.39 Å². The summed E-state index contributed by atoms with van der Waals surface area (Å²) >= 11 is 0. The number of rotatable bonds is 10. The first-order valence-corrected chi connectivity index (χ1v) is 13.1. The average molecular weight is 512 g/mol. The maximum atomic E-state index is 14.4. The molecule has 0 aliphatic heterocycles. The van der Waals surface area contributed by atoms with Gasteiger partial charge < -0.3 is 24.5 Å². The fraction of sp³-hybridized carbons (Fsp3) is 0.517. The molecular weight excluding hydrogens is 473 g/mol. The molecule has 37 heavy (non-hydrogen) atoms. The molecule has 1 amide bonds. The van der Waals surface area contributed by atoms with E-state index in [1.165, 1.54) is 31.7 Å². The molecule has 1 saturated carbocycles. The maximum absolute atomic E-state index is 14.4. The highest BCUT2D eigenvalue weighted by Crippen LogP contribution is 2.43. The summed E-state index contributed by atoms with van der Waals surface area (Å²) in [6.45, 7) is 5.87. The van der Waals surface area contributed by atoms with Crippen molar-refractivity contribution in [3.8, 4) is 11.5 Å². The first-order chi connectivity index (χ1) is 17.7. The molecule has 0 radical (unpaired) electrons. The van der Waals surface area contributed by atoms with Crippen LogP contribution in [0.5, 0.6) is 11.5 Å². The summed E-state index contributed by atoms with van der Waals surface area (Å²) < 4.78 is 27.8. The van der Waals surface area contributed by atoms with Crippen molar-refractivity contribution in [1.82, 2.24) is 14.9 Å². The van der Waals surface area contributed by atoms with Gasteiger partial charge in [-0.25, -0.2) is 9.37 Å². The number of hydrogen-bond acceptors (Lipinski definition) is 5. The lowest BCUT2D eigenvalue weighted by molar-refractivity contribution is -0.110. The third-order valence-corrected chi connectivity index (χ3v) is 7.72. The zero-order valence-electron chi connectivity index (χ0n) is 22.4. The van der Waals surface area contributed by atoms with Gasteiger partial charge in [0, 0.05) is 23.2 Å². The number of carbonyl (C=O) groups excluding carboxylic acids is 1. The van der Waals surface area contributed by atoms with E-state index >= 15 is 0 Å². The number of ether oxygens (including phenoxy) is 2. The number of aliphatic hydroxyl groups is 1. The summed E-state index contributed by atoms with van der Waals surface area (Å²) in [4.78, 5) is 16.0. The van der Waals surface area contributed by atoms with Crippen LogP contribution in [0.25, 0.3) is 11.0 Å². The molecule has 2 aromatic carbocycles. The fourth-order valence-electron chi connectivity index (χ4n) is 5.72. The number of amides is 1. The Hall–Kier alpha value is -3.13. The van der Waals surface area contributed by atoms with E-state index < -0.39 is 11.4 Å². The topological polar surface area (TPSA) is 85.6 Å². The molecule has 3 aromatic rings. The molecule has 8 heteroatoms. The summed E-state index contributed by atoms with van der Waals surface area (Å²) in [7, 11) is 3.14. The lowest BCUT2D eigenvalue weighted by atomic mass is 9.86. The van der Waals surface area contributed by atoms with E-state index in [9.17, 15) is 14.3 Å². The summed E-state index contributed by atoms with van der Waals surface area (Å²) in [5, 5.41) is 14.9. The standard InChI is InChI=1S/C29H38FN3O4/c1-18-7-6-8-21(15-18)33-24-12-14-25(36-4)22(11-9-19(2)31-17-34)27(24)32-28(33)29(3,35)23-16-20(30)10-13-26(23)37-5/h10,12-14,16-19,21,35H,6-9,11,15H2,1-5H3,(H,31,34). The second kappa shape index (κ2) is 11.1. The summed E-state index contributed by atoms with van der Waals surface area (Å²) in [5.74, 6) is 1.66. The number of nitrogens with one attached hydrogen (secondary N) is 1. The van der Waals surface area contributed by atoms with Crippen LogP contribution >= 0.6 is 0 Å². The van der Waals surface area contributed by atoms with Crippen molar-refractivity contribution in [2.75, 3.05) is 14.2 Å². The maximum Gasteiger partial charge on any atom is 0.207 e. The van der Waals surface area contributed by atoms with Crippen LogP contribution in [0.3, 0.4) is 0 Å². The number of fused-ring (bicyclic) bond motifs is 1. The molecule has 4 rings (SSSR count). The Bertz CT molecular complexity index is 1260. The number of aromatic nitrogens is 2. The lowest BCUT2D eigenvalue weighted by Crippen LogP contribution is -2.31. The van der Waals surface area contributed by atoms with E-state index in [-0.39, 0.29) is 12.1 Å². The zero-order valence-corrected chi connectivity index (χ0v) is 22.4. The van der Waals surface area contributed by atoms with Crippen LogP contribution < -0.4 is 14.8 Å². The quantitative estimate of drug-likeness (QED) is 0.363. The largest absolute Gasteiger partial charge is 0.496 e. The van der Waals surface area contributed by atoms with Crippen molar-refractivity contribution in [1.29, 1.82) is 0 Å². The molecule has 4 unspecified atom stereocenters. The van der Waals surface area contributed by atoms with Crippen LogP contribution in [-0.2, 0) is 16.8 Å². The molecule has 0 spiro atoms. The van der Waals surface area contributed by atoms with E-state index in [0.717, 1.165) is 35.9 Å². The Morgan fingerprint density at radius 2 is 1.97 bits per heavy atom. The number of imidazole rings is 1. The highest BCUT2D eigenvalue weighted by atomic mass is 19.1. The molecule has 7 nitrogen and oxygen atoms in total. The van der Waals surface area contributed by atoms with E-state index in [4.69, 9.17) is 14.5 Å². The van der Waals surface area contributed by atoms with Crippen LogP contribution in [0.2, 0.25) is 0 Å². The second-order valence-electron chi connectivity index (χ2n) is 10.5. The Morgan fingerprint density at radius 1 is 1.24 bits per heavy atom. The molecule has 0 saturated heterocycles. The molecule has 4 atom stereocenters. The normalized spacial score (nSPS) is 20.3. The van der Waals surface area contributed by atoms with E-state index in [2.05, 4.69) is 16.8 Å². The second-order valence-corrected chi connectivity index (χ2v) is 10.5. The Kier molecular flexibility index (Phi) is 8.07.